The third-order valence-corrected chi connectivity index (χ3v) is 4.31. The molecular formula is C15H23BrN2O. The van der Waals surface area contributed by atoms with E-state index >= 15 is 0 Å². The van der Waals surface area contributed by atoms with Crippen molar-refractivity contribution in [1.82, 2.24) is 4.90 Å². The van der Waals surface area contributed by atoms with Gasteiger partial charge in [-0.1, -0.05) is 28.9 Å². The highest BCUT2D eigenvalue weighted by molar-refractivity contribution is 9.10. The summed E-state index contributed by atoms with van der Waals surface area (Å²) in [7, 11) is 0. The monoisotopic (exact) mass is 326 g/mol. The minimum absolute atomic E-state index is 0.523. The van der Waals surface area contributed by atoms with E-state index in [0.717, 1.165) is 42.4 Å². The molecule has 1 heterocycles. The predicted octanol–water partition coefficient (Wildman–Crippen LogP) is 2.89. The van der Waals surface area contributed by atoms with Crippen molar-refractivity contribution >= 4 is 15.9 Å². The van der Waals surface area contributed by atoms with Gasteiger partial charge < -0.3 is 10.5 Å². The SMILES string of the molecule is CC1CCN(CCOc2cccc(Br)c2)C(CN)C1. The van der Waals surface area contributed by atoms with E-state index in [4.69, 9.17) is 10.5 Å². The first-order valence-corrected chi connectivity index (χ1v) is 7.81. The van der Waals surface area contributed by atoms with Gasteiger partial charge >= 0.3 is 0 Å². The molecule has 0 spiro atoms. The van der Waals surface area contributed by atoms with Crippen molar-refractivity contribution in [3.05, 3.63) is 28.7 Å². The van der Waals surface area contributed by atoms with Gasteiger partial charge in [-0.3, -0.25) is 4.90 Å². The molecule has 2 atom stereocenters. The number of rotatable bonds is 5. The molecule has 1 saturated heterocycles. The Morgan fingerprint density at radius 2 is 2.32 bits per heavy atom. The third kappa shape index (κ3) is 4.48. The van der Waals surface area contributed by atoms with Crippen LogP contribution < -0.4 is 10.5 Å². The number of hydrogen-bond acceptors (Lipinski definition) is 3. The van der Waals surface area contributed by atoms with Gasteiger partial charge in [0.25, 0.3) is 0 Å². The van der Waals surface area contributed by atoms with Crippen molar-refractivity contribution < 1.29 is 4.74 Å². The van der Waals surface area contributed by atoms with E-state index in [1.54, 1.807) is 0 Å². The Morgan fingerprint density at radius 1 is 1.47 bits per heavy atom. The Labute approximate surface area is 124 Å². The molecule has 0 bridgehead atoms. The Hall–Kier alpha value is -0.580. The number of benzene rings is 1. The van der Waals surface area contributed by atoms with Crippen molar-refractivity contribution in [2.24, 2.45) is 11.7 Å². The highest BCUT2D eigenvalue weighted by atomic mass is 79.9. The summed E-state index contributed by atoms with van der Waals surface area (Å²) in [6, 6.07) is 8.51. The van der Waals surface area contributed by atoms with Crippen LogP contribution in [0, 0.1) is 5.92 Å². The standard InChI is InChI=1S/C15H23BrN2O/c1-12-5-6-18(14(9-12)11-17)7-8-19-15-4-2-3-13(16)10-15/h2-4,10,12,14H,5-9,11,17H2,1H3. The largest absolute Gasteiger partial charge is 0.492 e. The van der Waals surface area contributed by atoms with Gasteiger partial charge in [-0.25, -0.2) is 0 Å². The number of nitrogens with zero attached hydrogens (tertiary/aromatic N) is 1. The molecule has 19 heavy (non-hydrogen) atoms. The van der Waals surface area contributed by atoms with Gasteiger partial charge in [-0.15, -0.1) is 0 Å². The second-order valence-electron chi connectivity index (χ2n) is 5.36. The van der Waals surface area contributed by atoms with Crippen molar-refractivity contribution in [3.63, 3.8) is 0 Å². The maximum absolute atomic E-state index is 5.87. The molecule has 1 aromatic rings. The quantitative estimate of drug-likeness (QED) is 0.904. The molecule has 4 heteroatoms. The molecule has 106 valence electrons. The lowest BCUT2D eigenvalue weighted by molar-refractivity contribution is 0.103. The lowest BCUT2D eigenvalue weighted by Gasteiger charge is -2.37. The zero-order valence-electron chi connectivity index (χ0n) is 11.5. The first-order valence-electron chi connectivity index (χ1n) is 7.01. The van der Waals surface area contributed by atoms with E-state index in [2.05, 4.69) is 27.8 Å². The molecule has 0 aromatic heterocycles. The Bertz CT molecular complexity index is 399. The molecule has 1 fully saturated rings. The summed E-state index contributed by atoms with van der Waals surface area (Å²) in [4.78, 5) is 2.47. The number of ether oxygens (including phenoxy) is 1. The van der Waals surface area contributed by atoms with Gasteiger partial charge in [-0.05, 0) is 43.5 Å². The third-order valence-electron chi connectivity index (χ3n) is 3.82. The minimum Gasteiger partial charge on any atom is -0.492 e. The van der Waals surface area contributed by atoms with Gasteiger partial charge in [-0.2, -0.15) is 0 Å². The summed E-state index contributed by atoms with van der Waals surface area (Å²) in [6.07, 6.45) is 2.49. The molecule has 0 radical (unpaired) electrons. The smallest absolute Gasteiger partial charge is 0.120 e. The molecule has 2 rings (SSSR count). The van der Waals surface area contributed by atoms with Crippen LogP contribution in [0.3, 0.4) is 0 Å². The summed E-state index contributed by atoms with van der Waals surface area (Å²) >= 11 is 3.45. The summed E-state index contributed by atoms with van der Waals surface area (Å²) in [5.41, 5.74) is 5.87. The number of likely N-dealkylation sites (tertiary alicyclic amines) is 1. The average Bonchev–Trinajstić information content (AvgIpc) is 2.40. The van der Waals surface area contributed by atoms with Crippen LogP contribution in [0.1, 0.15) is 19.8 Å². The molecule has 0 amide bonds. The van der Waals surface area contributed by atoms with Gasteiger partial charge in [0.1, 0.15) is 12.4 Å². The number of hydrogen-bond donors (Lipinski definition) is 1. The van der Waals surface area contributed by atoms with Crippen molar-refractivity contribution in [3.8, 4) is 5.75 Å². The van der Waals surface area contributed by atoms with Crippen LogP contribution in [0.25, 0.3) is 0 Å². The molecular weight excluding hydrogens is 304 g/mol. The van der Waals surface area contributed by atoms with E-state index in [9.17, 15) is 0 Å². The van der Waals surface area contributed by atoms with Gasteiger partial charge in [0, 0.05) is 23.6 Å². The van der Waals surface area contributed by atoms with Crippen LogP contribution in [0.15, 0.2) is 28.7 Å². The molecule has 1 aromatic carbocycles. The second kappa shape index (κ2) is 7.27. The Kier molecular flexibility index (Phi) is 5.67. The van der Waals surface area contributed by atoms with Gasteiger partial charge in [0.2, 0.25) is 0 Å². The van der Waals surface area contributed by atoms with Crippen molar-refractivity contribution in [2.45, 2.75) is 25.8 Å². The fourth-order valence-electron chi connectivity index (χ4n) is 2.68. The Balaban J connectivity index is 1.78. The summed E-state index contributed by atoms with van der Waals surface area (Å²) in [6.45, 7) is 5.90. The predicted molar refractivity (Wildman–Crippen MR) is 82.5 cm³/mol. The van der Waals surface area contributed by atoms with Crippen LogP contribution in [0.5, 0.6) is 5.75 Å². The molecule has 2 N–H and O–H groups in total. The molecule has 3 nitrogen and oxygen atoms in total. The van der Waals surface area contributed by atoms with E-state index in [-0.39, 0.29) is 0 Å². The van der Waals surface area contributed by atoms with Crippen LogP contribution >= 0.6 is 15.9 Å². The maximum Gasteiger partial charge on any atom is 0.120 e. The summed E-state index contributed by atoms with van der Waals surface area (Å²) in [5, 5.41) is 0. The topological polar surface area (TPSA) is 38.5 Å². The molecule has 0 aliphatic carbocycles. The maximum atomic E-state index is 5.87. The van der Waals surface area contributed by atoms with Crippen LogP contribution in [-0.2, 0) is 0 Å². The first-order chi connectivity index (χ1) is 9.19. The average molecular weight is 327 g/mol. The van der Waals surface area contributed by atoms with Crippen molar-refractivity contribution in [2.75, 3.05) is 26.2 Å². The van der Waals surface area contributed by atoms with E-state index in [1.807, 2.05) is 24.3 Å². The second-order valence-corrected chi connectivity index (χ2v) is 6.28. The molecule has 1 aliphatic rings. The van der Waals surface area contributed by atoms with E-state index in [1.165, 1.54) is 12.8 Å². The zero-order valence-corrected chi connectivity index (χ0v) is 13.1. The number of piperidine rings is 1. The lowest BCUT2D eigenvalue weighted by atomic mass is 9.92. The fourth-order valence-corrected chi connectivity index (χ4v) is 3.06. The summed E-state index contributed by atoms with van der Waals surface area (Å²) < 4.78 is 6.85. The molecule has 2 unspecified atom stereocenters. The molecule has 1 aliphatic heterocycles. The van der Waals surface area contributed by atoms with Crippen LogP contribution in [0.4, 0.5) is 0 Å². The van der Waals surface area contributed by atoms with Crippen molar-refractivity contribution in [1.29, 1.82) is 0 Å². The number of halogens is 1. The van der Waals surface area contributed by atoms with Crippen LogP contribution in [-0.4, -0.2) is 37.2 Å². The Morgan fingerprint density at radius 3 is 3.05 bits per heavy atom. The lowest BCUT2D eigenvalue weighted by Crippen LogP contribution is -2.47. The van der Waals surface area contributed by atoms with E-state index in [0.29, 0.717) is 6.04 Å². The first kappa shape index (κ1) is 14.8. The summed E-state index contributed by atoms with van der Waals surface area (Å²) in [5.74, 6) is 1.72. The van der Waals surface area contributed by atoms with Crippen LogP contribution in [0.2, 0.25) is 0 Å². The zero-order chi connectivity index (χ0) is 13.7. The van der Waals surface area contributed by atoms with Gasteiger partial charge in [0.05, 0.1) is 0 Å². The minimum atomic E-state index is 0.523. The fraction of sp³-hybridized carbons (Fsp3) is 0.600. The van der Waals surface area contributed by atoms with Gasteiger partial charge in [0.15, 0.2) is 0 Å². The normalized spacial score (nSPS) is 24.4. The van der Waals surface area contributed by atoms with E-state index < -0.39 is 0 Å². The number of nitrogens with two attached hydrogens (primary N) is 1. The highest BCUT2D eigenvalue weighted by Crippen LogP contribution is 2.22. The highest BCUT2D eigenvalue weighted by Gasteiger charge is 2.24. The molecule has 0 saturated carbocycles.